The predicted octanol–water partition coefficient (Wildman–Crippen LogP) is 3.64. The van der Waals surface area contributed by atoms with Crippen molar-refractivity contribution in [2.24, 2.45) is 5.41 Å². The predicted molar refractivity (Wildman–Crippen MR) is 91.1 cm³/mol. The second-order valence-electron chi connectivity index (χ2n) is 6.95. The molecule has 1 aromatic carbocycles. The van der Waals surface area contributed by atoms with Crippen molar-refractivity contribution in [2.45, 2.75) is 32.7 Å². The van der Waals surface area contributed by atoms with E-state index in [-0.39, 0.29) is 11.2 Å². The minimum atomic E-state index is -0.471. The van der Waals surface area contributed by atoms with Gasteiger partial charge in [0.05, 0.1) is 10.0 Å². The monoisotopic (exact) mass is 363 g/mol. The Labute approximate surface area is 148 Å². The summed E-state index contributed by atoms with van der Waals surface area (Å²) in [4.78, 5) is 12.9. The van der Waals surface area contributed by atoms with Crippen molar-refractivity contribution in [2.75, 3.05) is 5.32 Å². The van der Waals surface area contributed by atoms with Gasteiger partial charge in [-0.2, -0.15) is 4.68 Å². The Morgan fingerprint density at radius 1 is 1.29 bits per heavy atom. The minimum absolute atomic E-state index is 0.0796. The molecule has 6 nitrogen and oxygen atoms in total. The molecule has 0 saturated heterocycles. The number of halogens is 2. The van der Waals surface area contributed by atoms with Crippen LogP contribution in [0, 0.1) is 5.41 Å². The number of allylic oxidation sites excluding steroid dienone is 2. The van der Waals surface area contributed by atoms with E-state index in [0.717, 1.165) is 17.7 Å². The van der Waals surface area contributed by atoms with E-state index in [9.17, 15) is 4.79 Å². The summed E-state index contributed by atoms with van der Waals surface area (Å²) in [5.74, 6) is 0.580. The Balaban J connectivity index is 1.95. The first-order valence-corrected chi connectivity index (χ1v) is 8.38. The van der Waals surface area contributed by atoms with Crippen LogP contribution >= 0.6 is 23.2 Å². The standard InChI is InChI=1S/C16H15Cl2N5O/c1-16(2)6-10-12(11(24)7-16)14(23-15(19-10)20-21-22-23)8-4-3-5-9(17)13(8)18/h3-5,14H,6-7H2,1-2H3,(H,19,20,22)/t14-/m0/s1. The Bertz CT molecular complexity index is 886. The number of nitrogens with one attached hydrogen (secondary N) is 1. The van der Waals surface area contributed by atoms with Gasteiger partial charge < -0.3 is 5.32 Å². The van der Waals surface area contributed by atoms with Crippen LogP contribution < -0.4 is 5.32 Å². The third-order valence-electron chi connectivity index (χ3n) is 4.47. The first kappa shape index (κ1) is 15.6. The molecule has 0 spiro atoms. The average Bonchev–Trinajstić information content (AvgIpc) is 2.95. The van der Waals surface area contributed by atoms with Crippen LogP contribution in [0.5, 0.6) is 0 Å². The molecule has 1 aliphatic carbocycles. The number of anilines is 1. The number of carbonyl (C=O) groups excluding carboxylic acids is 1. The number of ketones is 1. The fraction of sp³-hybridized carbons (Fsp3) is 0.375. The van der Waals surface area contributed by atoms with Crippen LogP contribution in [0.15, 0.2) is 29.5 Å². The maximum atomic E-state index is 12.9. The summed E-state index contributed by atoms with van der Waals surface area (Å²) in [6.07, 6.45) is 1.22. The summed E-state index contributed by atoms with van der Waals surface area (Å²) in [5, 5.41) is 15.9. The van der Waals surface area contributed by atoms with Crippen molar-refractivity contribution in [3.05, 3.63) is 45.1 Å². The molecule has 1 N–H and O–H groups in total. The van der Waals surface area contributed by atoms with Gasteiger partial charge in [0.2, 0.25) is 5.95 Å². The van der Waals surface area contributed by atoms with Crippen LogP contribution in [0.4, 0.5) is 5.95 Å². The number of fused-ring (bicyclic) bond motifs is 1. The molecule has 2 aromatic rings. The molecule has 1 atom stereocenters. The zero-order valence-electron chi connectivity index (χ0n) is 13.2. The summed E-state index contributed by atoms with van der Waals surface area (Å²) in [6.45, 7) is 4.16. The van der Waals surface area contributed by atoms with Crippen LogP contribution in [0.2, 0.25) is 10.0 Å². The number of Topliss-reactive ketones (excluding diaryl/α,β-unsaturated/α-hetero) is 1. The summed E-state index contributed by atoms with van der Waals surface area (Å²) < 4.78 is 1.59. The van der Waals surface area contributed by atoms with E-state index in [1.165, 1.54) is 0 Å². The number of tetrazole rings is 1. The summed E-state index contributed by atoms with van der Waals surface area (Å²) in [5.41, 5.74) is 2.14. The zero-order valence-corrected chi connectivity index (χ0v) is 14.7. The molecule has 8 heteroatoms. The van der Waals surface area contributed by atoms with Crippen molar-refractivity contribution in [3.8, 4) is 0 Å². The summed E-state index contributed by atoms with van der Waals surface area (Å²) >= 11 is 12.6. The zero-order chi connectivity index (χ0) is 17.1. The van der Waals surface area contributed by atoms with Crippen molar-refractivity contribution in [3.63, 3.8) is 0 Å². The minimum Gasteiger partial charge on any atom is -0.326 e. The molecule has 0 unspecified atom stereocenters. The van der Waals surface area contributed by atoms with E-state index in [1.54, 1.807) is 10.7 Å². The molecule has 0 saturated carbocycles. The third-order valence-corrected chi connectivity index (χ3v) is 5.30. The topological polar surface area (TPSA) is 72.7 Å². The molecule has 4 rings (SSSR count). The van der Waals surface area contributed by atoms with Crippen LogP contribution in [0.25, 0.3) is 0 Å². The van der Waals surface area contributed by atoms with Gasteiger partial charge in [-0.3, -0.25) is 4.79 Å². The first-order chi connectivity index (χ1) is 11.4. The highest BCUT2D eigenvalue weighted by atomic mass is 35.5. The molecule has 124 valence electrons. The average molecular weight is 364 g/mol. The highest BCUT2D eigenvalue weighted by Crippen LogP contribution is 2.46. The lowest BCUT2D eigenvalue weighted by atomic mass is 9.73. The maximum absolute atomic E-state index is 12.9. The van der Waals surface area contributed by atoms with E-state index >= 15 is 0 Å². The summed E-state index contributed by atoms with van der Waals surface area (Å²) in [6, 6.07) is 4.91. The molecule has 24 heavy (non-hydrogen) atoms. The van der Waals surface area contributed by atoms with Crippen molar-refractivity contribution < 1.29 is 4.79 Å². The van der Waals surface area contributed by atoms with Gasteiger partial charge in [0, 0.05) is 23.3 Å². The largest absolute Gasteiger partial charge is 0.326 e. The van der Waals surface area contributed by atoms with Gasteiger partial charge >= 0.3 is 0 Å². The molecular formula is C16H15Cl2N5O. The van der Waals surface area contributed by atoms with Gasteiger partial charge in [0.25, 0.3) is 0 Å². The smallest absolute Gasteiger partial charge is 0.248 e. The fourth-order valence-electron chi connectivity index (χ4n) is 3.49. The van der Waals surface area contributed by atoms with Gasteiger partial charge in [-0.1, -0.05) is 54.3 Å². The van der Waals surface area contributed by atoms with Crippen LogP contribution in [-0.2, 0) is 4.79 Å². The van der Waals surface area contributed by atoms with E-state index < -0.39 is 6.04 Å². The molecular weight excluding hydrogens is 349 g/mol. The number of hydrogen-bond donors (Lipinski definition) is 1. The van der Waals surface area contributed by atoms with Gasteiger partial charge in [0.15, 0.2) is 5.78 Å². The number of benzene rings is 1. The van der Waals surface area contributed by atoms with Gasteiger partial charge in [0.1, 0.15) is 6.04 Å². The van der Waals surface area contributed by atoms with Crippen molar-refractivity contribution >= 4 is 34.9 Å². The van der Waals surface area contributed by atoms with Crippen LogP contribution in [0.3, 0.4) is 0 Å². The number of nitrogens with zero attached hydrogens (tertiary/aromatic N) is 4. The fourth-order valence-corrected chi connectivity index (χ4v) is 3.90. The number of hydrogen-bond acceptors (Lipinski definition) is 5. The number of carbonyl (C=O) groups is 1. The highest BCUT2D eigenvalue weighted by Gasteiger charge is 2.42. The van der Waals surface area contributed by atoms with Crippen LogP contribution in [0.1, 0.15) is 38.3 Å². The Kier molecular flexibility index (Phi) is 3.44. The second kappa shape index (κ2) is 5.29. The lowest BCUT2D eigenvalue weighted by Gasteiger charge is -2.38. The highest BCUT2D eigenvalue weighted by molar-refractivity contribution is 6.42. The molecule has 1 aromatic heterocycles. The lowest BCUT2D eigenvalue weighted by molar-refractivity contribution is -0.118. The molecule has 0 fully saturated rings. The van der Waals surface area contributed by atoms with Gasteiger partial charge in [-0.15, -0.1) is 0 Å². The van der Waals surface area contributed by atoms with Crippen molar-refractivity contribution in [1.29, 1.82) is 0 Å². The molecule has 2 heterocycles. The number of aromatic nitrogens is 4. The van der Waals surface area contributed by atoms with E-state index in [2.05, 4.69) is 34.7 Å². The second-order valence-corrected chi connectivity index (χ2v) is 7.74. The molecule has 0 amide bonds. The molecule has 1 aliphatic heterocycles. The Hall–Kier alpha value is -1.92. The summed E-state index contributed by atoms with van der Waals surface area (Å²) in [7, 11) is 0. The SMILES string of the molecule is CC1(C)CC(=O)C2=C(C1)Nc1nnnn1[C@H]2c1cccc(Cl)c1Cl. The van der Waals surface area contributed by atoms with Crippen molar-refractivity contribution in [1.82, 2.24) is 20.2 Å². The van der Waals surface area contributed by atoms with Crippen LogP contribution in [-0.4, -0.2) is 26.0 Å². The normalized spacial score (nSPS) is 22.0. The molecule has 0 radical (unpaired) electrons. The quantitative estimate of drug-likeness (QED) is 0.837. The lowest BCUT2D eigenvalue weighted by Crippen LogP contribution is -2.36. The molecule has 2 aliphatic rings. The Morgan fingerprint density at radius 2 is 2.08 bits per heavy atom. The number of rotatable bonds is 1. The molecule has 0 bridgehead atoms. The maximum Gasteiger partial charge on any atom is 0.248 e. The first-order valence-electron chi connectivity index (χ1n) is 7.62. The Morgan fingerprint density at radius 3 is 2.88 bits per heavy atom. The van der Waals surface area contributed by atoms with Gasteiger partial charge in [-0.05, 0) is 28.3 Å². The van der Waals surface area contributed by atoms with Gasteiger partial charge in [-0.25, -0.2) is 0 Å². The van der Waals surface area contributed by atoms with E-state index in [4.69, 9.17) is 23.2 Å². The third kappa shape index (κ3) is 2.32. The van der Waals surface area contributed by atoms with E-state index in [1.807, 2.05) is 12.1 Å². The van der Waals surface area contributed by atoms with E-state index in [0.29, 0.717) is 28.0 Å².